The Morgan fingerprint density at radius 1 is 1.20 bits per heavy atom. The minimum Gasteiger partial charge on any atom is -0.342 e. The van der Waals surface area contributed by atoms with E-state index in [1.54, 1.807) is 0 Å². The molecule has 1 aromatic heterocycles. The maximum atomic E-state index is 4.69. The average molecular weight is 277 g/mol. The number of likely N-dealkylation sites (tertiary alicyclic amines) is 1. The van der Waals surface area contributed by atoms with Gasteiger partial charge in [0.25, 0.3) is 0 Å². The van der Waals surface area contributed by atoms with Crippen molar-refractivity contribution in [3.63, 3.8) is 0 Å². The molecular weight excluding hydrogens is 250 g/mol. The molecule has 0 amide bonds. The van der Waals surface area contributed by atoms with Gasteiger partial charge in [0.15, 0.2) is 0 Å². The van der Waals surface area contributed by atoms with Gasteiger partial charge in [-0.2, -0.15) is 5.10 Å². The molecule has 1 atom stereocenters. The van der Waals surface area contributed by atoms with Crippen LogP contribution in [0, 0.1) is 5.92 Å². The molecule has 1 saturated heterocycles. The number of aromatic nitrogens is 3. The van der Waals surface area contributed by atoms with Crippen molar-refractivity contribution >= 4 is 5.95 Å². The summed E-state index contributed by atoms with van der Waals surface area (Å²) in [5, 5.41) is 8.63. The van der Waals surface area contributed by atoms with Gasteiger partial charge >= 0.3 is 0 Å². The summed E-state index contributed by atoms with van der Waals surface area (Å²) in [5.74, 6) is 1.48. The first-order valence-corrected chi connectivity index (χ1v) is 7.76. The molecule has 5 nitrogen and oxygen atoms in total. The van der Waals surface area contributed by atoms with Gasteiger partial charge in [0.1, 0.15) is 0 Å². The Morgan fingerprint density at radius 3 is 2.60 bits per heavy atom. The fourth-order valence-corrected chi connectivity index (χ4v) is 2.98. The van der Waals surface area contributed by atoms with Gasteiger partial charge in [-0.05, 0) is 45.2 Å². The first-order chi connectivity index (χ1) is 9.63. The van der Waals surface area contributed by atoms with Crippen LogP contribution in [0.15, 0.2) is 0 Å². The van der Waals surface area contributed by atoms with E-state index in [0.717, 1.165) is 36.7 Å². The molecule has 0 saturated carbocycles. The van der Waals surface area contributed by atoms with E-state index in [1.165, 1.54) is 25.9 Å². The number of aryl methyl sites for hydroxylation is 2. The lowest BCUT2D eigenvalue weighted by atomic mass is 9.98. The van der Waals surface area contributed by atoms with Gasteiger partial charge in [-0.25, -0.2) is 4.98 Å². The highest BCUT2D eigenvalue weighted by Crippen LogP contribution is 2.18. The van der Waals surface area contributed by atoms with Crippen LogP contribution in [-0.2, 0) is 12.8 Å². The number of nitrogens with zero attached hydrogens (tertiary/aromatic N) is 5. The molecule has 0 radical (unpaired) electrons. The van der Waals surface area contributed by atoms with E-state index in [1.807, 2.05) is 0 Å². The van der Waals surface area contributed by atoms with Gasteiger partial charge in [-0.1, -0.05) is 13.8 Å². The van der Waals surface area contributed by atoms with Crippen molar-refractivity contribution in [2.75, 3.05) is 38.6 Å². The van der Waals surface area contributed by atoms with Crippen LogP contribution in [0.25, 0.3) is 0 Å². The van der Waals surface area contributed by atoms with E-state index in [2.05, 4.69) is 52.9 Å². The second-order valence-corrected chi connectivity index (χ2v) is 5.86. The Balaban J connectivity index is 2.03. The van der Waals surface area contributed by atoms with E-state index in [9.17, 15) is 0 Å². The highest BCUT2D eigenvalue weighted by Gasteiger charge is 2.20. The van der Waals surface area contributed by atoms with Crippen LogP contribution in [0.5, 0.6) is 0 Å². The van der Waals surface area contributed by atoms with Crippen molar-refractivity contribution < 1.29 is 0 Å². The predicted molar refractivity (Wildman–Crippen MR) is 82.1 cm³/mol. The molecule has 1 fully saturated rings. The van der Waals surface area contributed by atoms with Crippen LogP contribution in [0.2, 0.25) is 0 Å². The first kappa shape index (κ1) is 15.2. The lowest BCUT2D eigenvalue weighted by Gasteiger charge is -2.32. The lowest BCUT2D eigenvalue weighted by molar-refractivity contribution is 0.212. The zero-order chi connectivity index (χ0) is 14.5. The molecule has 5 heteroatoms. The minimum atomic E-state index is 0.707. The van der Waals surface area contributed by atoms with E-state index in [-0.39, 0.29) is 0 Å². The Kier molecular flexibility index (Phi) is 5.29. The smallest absolute Gasteiger partial charge is 0.245 e. The van der Waals surface area contributed by atoms with Crippen molar-refractivity contribution in [1.29, 1.82) is 0 Å². The Hall–Kier alpha value is -1.23. The van der Waals surface area contributed by atoms with Crippen molar-refractivity contribution in [1.82, 2.24) is 20.1 Å². The van der Waals surface area contributed by atoms with Crippen LogP contribution < -0.4 is 4.90 Å². The van der Waals surface area contributed by atoms with Crippen molar-refractivity contribution in [3.8, 4) is 0 Å². The zero-order valence-electron chi connectivity index (χ0n) is 13.3. The molecule has 112 valence electrons. The third-order valence-electron chi connectivity index (χ3n) is 4.09. The monoisotopic (exact) mass is 277 g/mol. The normalized spacial score (nSPS) is 20.1. The van der Waals surface area contributed by atoms with Crippen molar-refractivity contribution in [2.24, 2.45) is 5.92 Å². The van der Waals surface area contributed by atoms with E-state index in [0.29, 0.717) is 5.92 Å². The first-order valence-electron chi connectivity index (χ1n) is 7.76. The van der Waals surface area contributed by atoms with Gasteiger partial charge in [0.05, 0.1) is 11.4 Å². The van der Waals surface area contributed by atoms with Crippen molar-refractivity contribution in [2.45, 2.75) is 39.5 Å². The van der Waals surface area contributed by atoms with Crippen LogP contribution in [0.4, 0.5) is 5.95 Å². The molecule has 0 spiro atoms. The maximum Gasteiger partial charge on any atom is 0.245 e. The Bertz CT molecular complexity index is 434. The molecule has 0 aromatic carbocycles. The summed E-state index contributed by atoms with van der Waals surface area (Å²) in [6.07, 6.45) is 4.42. The molecule has 2 heterocycles. The fourth-order valence-electron chi connectivity index (χ4n) is 2.98. The van der Waals surface area contributed by atoms with Gasteiger partial charge in [-0.3, -0.25) is 0 Å². The van der Waals surface area contributed by atoms with Crippen LogP contribution >= 0.6 is 0 Å². The number of hydrogen-bond acceptors (Lipinski definition) is 5. The third-order valence-corrected chi connectivity index (χ3v) is 4.09. The number of hydrogen-bond donors (Lipinski definition) is 0. The molecule has 1 aromatic rings. The third kappa shape index (κ3) is 3.66. The zero-order valence-corrected chi connectivity index (χ0v) is 13.3. The highest BCUT2D eigenvalue weighted by molar-refractivity contribution is 5.29. The second kappa shape index (κ2) is 6.97. The molecule has 0 aliphatic carbocycles. The summed E-state index contributed by atoms with van der Waals surface area (Å²) in [7, 11) is 4.28. The number of piperidine rings is 1. The van der Waals surface area contributed by atoms with E-state index >= 15 is 0 Å². The molecule has 20 heavy (non-hydrogen) atoms. The summed E-state index contributed by atoms with van der Waals surface area (Å²) in [4.78, 5) is 9.26. The molecule has 2 rings (SSSR count). The molecular formula is C15H27N5. The van der Waals surface area contributed by atoms with Gasteiger partial charge in [0.2, 0.25) is 5.95 Å². The van der Waals surface area contributed by atoms with Crippen LogP contribution in [0.1, 0.15) is 38.1 Å². The summed E-state index contributed by atoms with van der Waals surface area (Å²) in [5.41, 5.74) is 2.12. The fraction of sp³-hybridized carbons (Fsp3) is 0.800. The number of anilines is 1. The molecule has 0 N–H and O–H groups in total. The molecule has 1 unspecified atom stereocenters. The van der Waals surface area contributed by atoms with Gasteiger partial charge in [0, 0.05) is 20.1 Å². The second-order valence-electron chi connectivity index (χ2n) is 5.86. The summed E-state index contributed by atoms with van der Waals surface area (Å²) < 4.78 is 0. The SMILES string of the molecule is CCc1nnc(N(C)CC2CCCN(C)C2)nc1CC. The largest absolute Gasteiger partial charge is 0.342 e. The summed E-state index contributed by atoms with van der Waals surface area (Å²) in [6, 6.07) is 0. The minimum absolute atomic E-state index is 0.707. The van der Waals surface area contributed by atoms with Crippen molar-refractivity contribution in [3.05, 3.63) is 11.4 Å². The lowest BCUT2D eigenvalue weighted by Crippen LogP contribution is -2.38. The maximum absolute atomic E-state index is 4.69. The highest BCUT2D eigenvalue weighted by atomic mass is 15.3. The van der Waals surface area contributed by atoms with E-state index < -0.39 is 0 Å². The summed E-state index contributed by atoms with van der Waals surface area (Å²) >= 11 is 0. The van der Waals surface area contributed by atoms with Crippen LogP contribution in [-0.4, -0.2) is 53.8 Å². The quantitative estimate of drug-likeness (QED) is 0.821. The van der Waals surface area contributed by atoms with Gasteiger partial charge in [-0.15, -0.1) is 5.10 Å². The number of rotatable bonds is 5. The average Bonchev–Trinajstić information content (AvgIpc) is 2.46. The molecule has 1 aliphatic heterocycles. The standard InChI is InChI=1S/C15H27N5/c1-5-13-14(6-2)17-18-15(16-13)20(4)11-12-8-7-9-19(3)10-12/h12H,5-11H2,1-4H3. The molecule has 0 bridgehead atoms. The Morgan fingerprint density at radius 2 is 1.95 bits per heavy atom. The Labute approximate surface area is 122 Å². The van der Waals surface area contributed by atoms with Crippen LogP contribution in [0.3, 0.4) is 0 Å². The summed E-state index contributed by atoms with van der Waals surface area (Å²) in [6.45, 7) is 7.64. The van der Waals surface area contributed by atoms with E-state index in [4.69, 9.17) is 0 Å². The topological polar surface area (TPSA) is 45.2 Å². The molecule has 1 aliphatic rings. The predicted octanol–water partition coefficient (Wildman–Crippen LogP) is 1.77. The van der Waals surface area contributed by atoms with Gasteiger partial charge < -0.3 is 9.80 Å².